The van der Waals surface area contributed by atoms with E-state index in [0.29, 0.717) is 5.82 Å². The lowest BCUT2D eigenvalue weighted by molar-refractivity contribution is -0.120. The first-order valence-corrected chi connectivity index (χ1v) is 10.0. The number of anilines is 2. The van der Waals surface area contributed by atoms with E-state index in [-0.39, 0.29) is 11.8 Å². The summed E-state index contributed by atoms with van der Waals surface area (Å²) in [5.74, 6) is 1.69. The Morgan fingerprint density at radius 1 is 1.19 bits per heavy atom. The minimum atomic E-state index is 0.00574. The van der Waals surface area contributed by atoms with Crippen LogP contribution in [0.25, 0.3) is 10.2 Å². The molecule has 140 valence electrons. The minimum Gasteiger partial charge on any atom is -0.356 e. The summed E-state index contributed by atoms with van der Waals surface area (Å²) in [4.78, 5) is 30.6. The summed E-state index contributed by atoms with van der Waals surface area (Å²) in [5.41, 5.74) is 2.16. The van der Waals surface area contributed by atoms with Gasteiger partial charge in [0.25, 0.3) is 0 Å². The van der Waals surface area contributed by atoms with Crippen LogP contribution in [0.4, 0.5) is 11.6 Å². The van der Waals surface area contributed by atoms with Crippen molar-refractivity contribution in [2.45, 2.75) is 33.6 Å². The molecule has 7 heteroatoms. The van der Waals surface area contributed by atoms with Crippen LogP contribution in [0.5, 0.6) is 0 Å². The van der Waals surface area contributed by atoms with E-state index in [9.17, 15) is 4.79 Å². The highest BCUT2D eigenvalue weighted by molar-refractivity contribution is 7.18. The first-order valence-electron chi connectivity index (χ1n) is 9.23. The van der Waals surface area contributed by atoms with Crippen molar-refractivity contribution >= 4 is 39.1 Å². The van der Waals surface area contributed by atoms with Crippen LogP contribution in [0.3, 0.4) is 0 Å². The summed E-state index contributed by atoms with van der Waals surface area (Å²) in [6.45, 7) is 7.82. The average molecular weight is 382 g/mol. The van der Waals surface area contributed by atoms with Gasteiger partial charge in [0.15, 0.2) is 0 Å². The van der Waals surface area contributed by atoms with Gasteiger partial charge in [-0.05, 0) is 51.3 Å². The summed E-state index contributed by atoms with van der Waals surface area (Å²) in [6, 6.07) is 5.66. The molecule has 1 N–H and O–H groups in total. The molecule has 4 heterocycles. The Morgan fingerprint density at radius 3 is 2.70 bits per heavy atom. The predicted octanol–water partition coefficient (Wildman–Crippen LogP) is 3.87. The molecule has 3 aromatic heterocycles. The summed E-state index contributed by atoms with van der Waals surface area (Å²) in [6.07, 6.45) is 3.27. The van der Waals surface area contributed by atoms with Gasteiger partial charge in [-0.1, -0.05) is 6.07 Å². The molecule has 1 saturated heterocycles. The zero-order chi connectivity index (χ0) is 19.0. The lowest BCUT2D eigenvalue weighted by Crippen LogP contribution is -2.38. The third-order valence-corrected chi connectivity index (χ3v) is 6.37. The van der Waals surface area contributed by atoms with Gasteiger partial charge in [0.05, 0.1) is 5.39 Å². The van der Waals surface area contributed by atoms with Crippen molar-refractivity contribution in [3.63, 3.8) is 0 Å². The number of piperidine rings is 1. The van der Waals surface area contributed by atoms with Crippen molar-refractivity contribution in [3.8, 4) is 0 Å². The molecule has 1 amide bonds. The summed E-state index contributed by atoms with van der Waals surface area (Å²) in [5, 5.41) is 4.12. The number of carbonyl (C=O) groups excluding carboxylic acids is 1. The number of aryl methyl sites for hydroxylation is 3. The smallest absolute Gasteiger partial charge is 0.228 e. The zero-order valence-corrected chi connectivity index (χ0v) is 16.6. The molecule has 27 heavy (non-hydrogen) atoms. The van der Waals surface area contributed by atoms with Gasteiger partial charge in [-0.15, -0.1) is 11.3 Å². The maximum atomic E-state index is 12.6. The Hall–Kier alpha value is -2.54. The first kappa shape index (κ1) is 17.9. The number of nitrogens with zero attached hydrogens (tertiary/aromatic N) is 4. The number of amides is 1. The third-order valence-electron chi connectivity index (χ3n) is 5.25. The number of hydrogen-bond acceptors (Lipinski definition) is 6. The van der Waals surface area contributed by atoms with E-state index in [1.54, 1.807) is 17.7 Å². The Labute approximate surface area is 162 Å². The van der Waals surface area contributed by atoms with Crippen molar-refractivity contribution in [1.82, 2.24) is 15.0 Å². The Kier molecular flexibility index (Phi) is 4.78. The summed E-state index contributed by atoms with van der Waals surface area (Å²) >= 11 is 1.72. The molecule has 0 aliphatic carbocycles. The van der Waals surface area contributed by atoms with E-state index < -0.39 is 0 Å². The highest BCUT2D eigenvalue weighted by atomic mass is 32.1. The quantitative estimate of drug-likeness (QED) is 0.746. The monoisotopic (exact) mass is 381 g/mol. The largest absolute Gasteiger partial charge is 0.356 e. The fourth-order valence-electron chi connectivity index (χ4n) is 3.60. The molecule has 0 unspecified atom stereocenters. The van der Waals surface area contributed by atoms with Gasteiger partial charge in [-0.3, -0.25) is 4.79 Å². The fraction of sp³-hybridized carbons (Fsp3) is 0.400. The van der Waals surface area contributed by atoms with Gasteiger partial charge in [0.2, 0.25) is 5.91 Å². The average Bonchev–Trinajstić information content (AvgIpc) is 2.96. The zero-order valence-electron chi connectivity index (χ0n) is 15.8. The molecule has 0 spiro atoms. The standard InChI is InChI=1S/C20H23N5OS/c1-12-5-4-6-16(23-12)24-19(26)15-7-9-25(10-8-15)18-17-13(2)14(3)27-20(17)22-11-21-18/h4-6,11,15H,7-10H2,1-3H3,(H,23,24,26). The Bertz CT molecular complexity index is 991. The molecule has 0 aromatic carbocycles. The molecule has 0 bridgehead atoms. The van der Waals surface area contributed by atoms with Crippen molar-refractivity contribution in [3.05, 3.63) is 40.7 Å². The van der Waals surface area contributed by atoms with E-state index in [1.807, 2.05) is 25.1 Å². The molecule has 1 aliphatic rings. The van der Waals surface area contributed by atoms with Crippen molar-refractivity contribution in [1.29, 1.82) is 0 Å². The van der Waals surface area contributed by atoms with Gasteiger partial charge in [0, 0.05) is 29.6 Å². The van der Waals surface area contributed by atoms with Crippen LogP contribution in [0, 0.1) is 26.7 Å². The molecular weight excluding hydrogens is 358 g/mol. The number of carbonyl (C=O) groups is 1. The second kappa shape index (κ2) is 7.23. The highest BCUT2D eigenvalue weighted by Gasteiger charge is 2.27. The van der Waals surface area contributed by atoms with Crippen molar-refractivity contribution in [2.75, 3.05) is 23.3 Å². The molecule has 0 atom stereocenters. The minimum absolute atomic E-state index is 0.00574. The second-order valence-electron chi connectivity index (χ2n) is 7.08. The third kappa shape index (κ3) is 3.51. The second-order valence-corrected chi connectivity index (χ2v) is 8.28. The van der Waals surface area contributed by atoms with Crippen molar-refractivity contribution in [2.24, 2.45) is 5.92 Å². The summed E-state index contributed by atoms with van der Waals surface area (Å²) in [7, 11) is 0. The molecule has 4 rings (SSSR count). The Morgan fingerprint density at radius 2 is 1.96 bits per heavy atom. The lowest BCUT2D eigenvalue weighted by Gasteiger charge is -2.32. The van der Waals surface area contributed by atoms with Crippen LogP contribution < -0.4 is 10.2 Å². The van der Waals surface area contributed by atoms with E-state index in [4.69, 9.17) is 0 Å². The first-order chi connectivity index (χ1) is 13.0. The van der Waals surface area contributed by atoms with Crippen LogP contribution in [-0.2, 0) is 4.79 Å². The van der Waals surface area contributed by atoms with E-state index in [2.05, 4.69) is 39.0 Å². The molecule has 0 radical (unpaired) electrons. The Balaban J connectivity index is 1.46. The highest BCUT2D eigenvalue weighted by Crippen LogP contribution is 2.35. The number of rotatable bonds is 3. The normalized spacial score (nSPS) is 15.3. The number of hydrogen-bond donors (Lipinski definition) is 1. The topological polar surface area (TPSA) is 71.0 Å². The SMILES string of the molecule is Cc1cccc(NC(=O)C2CCN(c3ncnc4sc(C)c(C)c34)CC2)n1. The number of fused-ring (bicyclic) bond motifs is 1. The maximum absolute atomic E-state index is 12.6. The van der Waals surface area contributed by atoms with Crippen LogP contribution in [0.1, 0.15) is 29.0 Å². The van der Waals surface area contributed by atoms with E-state index >= 15 is 0 Å². The van der Waals surface area contributed by atoms with Crippen LogP contribution >= 0.6 is 11.3 Å². The molecule has 1 aliphatic heterocycles. The fourth-order valence-corrected chi connectivity index (χ4v) is 4.59. The van der Waals surface area contributed by atoms with Gasteiger partial charge < -0.3 is 10.2 Å². The number of pyridine rings is 1. The van der Waals surface area contributed by atoms with Gasteiger partial charge in [-0.2, -0.15) is 0 Å². The number of nitrogens with one attached hydrogen (secondary N) is 1. The molecular formula is C20H23N5OS. The van der Waals surface area contributed by atoms with Crippen LogP contribution in [0.2, 0.25) is 0 Å². The number of thiophene rings is 1. The van der Waals surface area contributed by atoms with E-state index in [0.717, 1.165) is 47.7 Å². The van der Waals surface area contributed by atoms with E-state index in [1.165, 1.54) is 10.4 Å². The molecule has 6 nitrogen and oxygen atoms in total. The number of aromatic nitrogens is 3. The predicted molar refractivity (Wildman–Crippen MR) is 109 cm³/mol. The lowest BCUT2D eigenvalue weighted by atomic mass is 9.95. The van der Waals surface area contributed by atoms with Crippen LogP contribution in [0.15, 0.2) is 24.5 Å². The molecule has 0 saturated carbocycles. The molecule has 3 aromatic rings. The van der Waals surface area contributed by atoms with Crippen LogP contribution in [-0.4, -0.2) is 33.9 Å². The van der Waals surface area contributed by atoms with Crippen molar-refractivity contribution < 1.29 is 4.79 Å². The van der Waals surface area contributed by atoms with Gasteiger partial charge >= 0.3 is 0 Å². The van der Waals surface area contributed by atoms with Gasteiger partial charge in [-0.25, -0.2) is 15.0 Å². The maximum Gasteiger partial charge on any atom is 0.228 e. The summed E-state index contributed by atoms with van der Waals surface area (Å²) < 4.78 is 0. The molecule has 1 fully saturated rings. The van der Waals surface area contributed by atoms with Gasteiger partial charge in [0.1, 0.15) is 22.8 Å².